The topological polar surface area (TPSA) is 175 Å². The first-order chi connectivity index (χ1) is 8.34. The van der Waals surface area contributed by atoms with Gasteiger partial charge in [0, 0.05) is 13.2 Å². The standard InChI is InChI=1S/C6H13N5O4.C2H6O/c7-6(8)9-3-1-2-4(5(12)13)10-11(14)15;1-2-3/h4,10H,1-3H2,(H,12,13)(H4,7,8,9);3H,2H2,1H3. The summed E-state index contributed by atoms with van der Waals surface area (Å²) in [6, 6.07) is -1.23. The van der Waals surface area contributed by atoms with Gasteiger partial charge in [0.1, 0.15) is 0 Å². The van der Waals surface area contributed by atoms with E-state index in [0.717, 1.165) is 0 Å². The zero-order chi connectivity index (χ0) is 14.6. The van der Waals surface area contributed by atoms with E-state index in [1.807, 2.05) is 0 Å². The lowest BCUT2D eigenvalue weighted by molar-refractivity contribution is -0.549. The van der Waals surface area contributed by atoms with Crippen molar-refractivity contribution in [3.63, 3.8) is 0 Å². The molecule has 0 aliphatic heterocycles. The van der Waals surface area contributed by atoms with Crippen molar-refractivity contribution in [3.8, 4) is 0 Å². The third-order valence-electron chi connectivity index (χ3n) is 1.54. The number of nitro groups is 1. The zero-order valence-corrected chi connectivity index (χ0v) is 10.0. The minimum absolute atomic E-state index is 0.0800. The maximum Gasteiger partial charge on any atom is 0.332 e. The SMILES string of the molecule is CCO.N=C(N)NCCCC(N[N+](=O)[O-])C(=O)O. The molecule has 0 amide bonds. The summed E-state index contributed by atoms with van der Waals surface area (Å²) in [4.78, 5) is 20.5. The average Bonchev–Trinajstić information content (AvgIpc) is 2.22. The Kier molecular flexibility index (Phi) is 11.6. The third-order valence-corrected chi connectivity index (χ3v) is 1.54. The van der Waals surface area contributed by atoms with Crippen LogP contribution in [0.15, 0.2) is 0 Å². The molecule has 0 fully saturated rings. The molecule has 0 rings (SSSR count). The number of aliphatic hydroxyl groups excluding tert-OH is 1. The van der Waals surface area contributed by atoms with Crippen LogP contribution in [-0.4, -0.2) is 46.4 Å². The smallest absolute Gasteiger partial charge is 0.332 e. The molecule has 18 heavy (non-hydrogen) atoms. The lowest BCUT2D eigenvalue weighted by Gasteiger charge is -2.09. The van der Waals surface area contributed by atoms with Crippen LogP contribution in [0.4, 0.5) is 0 Å². The van der Waals surface area contributed by atoms with E-state index in [-0.39, 0.29) is 19.0 Å². The Morgan fingerprint density at radius 3 is 2.44 bits per heavy atom. The van der Waals surface area contributed by atoms with Crippen LogP contribution in [0.1, 0.15) is 19.8 Å². The number of aliphatic hydroxyl groups is 1. The number of aliphatic carboxylic acids is 1. The monoisotopic (exact) mass is 265 g/mol. The third kappa shape index (κ3) is 13.9. The van der Waals surface area contributed by atoms with Crippen LogP contribution in [0.3, 0.4) is 0 Å². The average molecular weight is 265 g/mol. The molecule has 0 spiro atoms. The van der Waals surface area contributed by atoms with Crippen molar-refractivity contribution in [1.82, 2.24) is 10.7 Å². The summed E-state index contributed by atoms with van der Waals surface area (Å²) in [6.45, 7) is 2.23. The first-order valence-electron chi connectivity index (χ1n) is 5.17. The van der Waals surface area contributed by atoms with Gasteiger partial charge >= 0.3 is 5.97 Å². The van der Waals surface area contributed by atoms with E-state index in [4.69, 9.17) is 21.4 Å². The van der Waals surface area contributed by atoms with Crippen LogP contribution in [0.5, 0.6) is 0 Å². The molecule has 0 aliphatic rings. The van der Waals surface area contributed by atoms with Crippen LogP contribution in [-0.2, 0) is 4.79 Å². The summed E-state index contributed by atoms with van der Waals surface area (Å²) in [5, 5.41) is 34.5. The number of carboxylic acids is 1. The van der Waals surface area contributed by atoms with E-state index in [1.54, 1.807) is 12.3 Å². The molecule has 0 radical (unpaired) electrons. The van der Waals surface area contributed by atoms with Crippen LogP contribution in [0, 0.1) is 15.5 Å². The maximum absolute atomic E-state index is 10.5. The van der Waals surface area contributed by atoms with E-state index in [9.17, 15) is 14.9 Å². The largest absolute Gasteiger partial charge is 0.480 e. The Hall–Kier alpha value is -2.10. The van der Waals surface area contributed by atoms with Gasteiger partial charge in [-0.15, -0.1) is 5.43 Å². The minimum atomic E-state index is -1.28. The zero-order valence-electron chi connectivity index (χ0n) is 10.0. The number of nitrogens with zero attached hydrogens (tertiary/aromatic N) is 1. The van der Waals surface area contributed by atoms with Gasteiger partial charge in [-0.2, -0.15) is 0 Å². The molecule has 106 valence electrons. The van der Waals surface area contributed by atoms with E-state index >= 15 is 0 Å². The second kappa shape index (κ2) is 11.4. The Bertz CT molecular complexity index is 273. The molecule has 0 aromatic rings. The molecule has 0 aromatic carbocycles. The van der Waals surface area contributed by atoms with E-state index in [0.29, 0.717) is 13.0 Å². The highest BCUT2D eigenvalue weighted by Gasteiger charge is 2.21. The summed E-state index contributed by atoms with van der Waals surface area (Å²) in [6.07, 6.45) is 0.438. The number of hydrazine groups is 1. The van der Waals surface area contributed by atoms with Crippen LogP contribution < -0.4 is 16.5 Å². The van der Waals surface area contributed by atoms with Crippen molar-refractivity contribution in [2.45, 2.75) is 25.8 Å². The van der Waals surface area contributed by atoms with Crippen molar-refractivity contribution in [1.29, 1.82) is 5.41 Å². The summed E-state index contributed by atoms with van der Waals surface area (Å²) in [5.74, 6) is -1.50. The number of hydrogen-bond donors (Lipinski definition) is 6. The fraction of sp³-hybridized carbons (Fsp3) is 0.750. The van der Waals surface area contributed by atoms with Crippen molar-refractivity contribution in [2.24, 2.45) is 5.73 Å². The molecule has 0 bridgehead atoms. The summed E-state index contributed by atoms with van der Waals surface area (Å²) in [7, 11) is 0. The van der Waals surface area contributed by atoms with Crippen LogP contribution >= 0.6 is 0 Å². The van der Waals surface area contributed by atoms with Gasteiger partial charge in [0.25, 0.3) is 0 Å². The molecular weight excluding hydrogens is 246 g/mol. The van der Waals surface area contributed by atoms with Crippen molar-refractivity contribution >= 4 is 11.9 Å². The molecule has 0 saturated heterocycles. The predicted molar refractivity (Wildman–Crippen MR) is 63.5 cm³/mol. The molecule has 10 nitrogen and oxygen atoms in total. The quantitative estimate of drug-likeness (QED) is 0.106. The molecule has 7 N–H and O–H groups in total. The highest BCUT2D eigenvalue weighted by molar-refractivity contribution is 5.74. The molecule has 0 aromatic heterocycles. The van der Waals surface area contributed by atoms with Gasteiger partial charge in [0.2, 0.25) is 0 Å². The molecule has 1 atom stereocenters. The van der Waals surface area contributed by atoms with Gasteiger partial charge in [0.15, 0.2) is 17.0 Å². The predicted octanol–water partition coefficient (Wildman–Crippen LogP) is -1.52. The summed E-state index contributed by atoms with van der Waals surface area (Å²) in [5.41, 5.74) is 6.66. The first-order valence-corrected chi connectivity index (χ1v) is 5.17. The van der Waals surface area contributed by atoms with Crippen molar-refractivity contribution in [2.75, 3.05) is 13.2 Å². The lowest BCUT2D eigenvalue weighted by Crippen LogP contribution is -2.41. The Labute approximate surface area is 104 Å². The van der Waals surface area contributed by atoms with Gasteiger partial charge in [-0.05, 0) is 19.8 Å². The van der Waals surface area contributed by atoms with Gasteiger partial charge in [-0.1, -0.05) is 0 Å². The van der Waals surface area contributed by atoms with Gasteiger partial charge in [-0.3, -0.25) is 5.41 Å². The van der Waals surface area contributed by atoms with Gasteiger partial charge in [-0.25, -0.2) is 14.9 Å². The Morgan fingerprint density at radius 2 is 2.11 bits per heavy atom. The first kappa shape index (κ1) is 18.3. The lowest BCUT2D eigenvalue weighted by atomic mass is 10.1. The fourth-order valence-corrected chi connectivity index (χ4v) is 0.900. The van der Waals surface area contributed by atoms with E-state index in [2.05, 4.69) is 5.32 Å². The number of nitrogens with one attached hydrogen (secondary N) is 3. The summed E-state index contributed by atoms with van der Waals surface area (Å²) < 4.78 is 0. The minimum Gasteiger partial charge on any atom is -0.480 e. The second-order valence-corrected chi connectivity index (χ2v) is 3.08. The molecule has 10 heteroatoms. The number of rotatable bonds is 7. The molecular formula is C8H19N5O5. The molecule has 0 heterocycles. The number of hydrogen-bond acceptors (Lipinski definition) is 5. The van der Waals surface area contributed by atoms with E-state index in [1.165, 1.54) is 0 Å². The van der Waals surface area contributed by atoms with Gasteiger partial charge < -0.3 is 21.3 Å². The normalized spacial score (nSPS) is 10.6. The molecule has 1 unspecified atom stereocenters. The van der Waals surface area contributed by atoms with E-state index < -0.39 is 17.0 Å². The Balaban J connectivity index is 0. The number of guanidine groups is 1. The van der Waals surface area contributed by atoms with Gasteiger partial charge in [0.05, 0.1) is 0 Å². The highest BCUT2D eigenvalue weighted by atomic mass is 16.7. The molecule has 0 aliphatic carbocycles. The fourth-order valence-electron chi connectivity index (χ4n) is 0.900. The summed E-state index contributed by atoms with van der Waals surface area (Å²) >= 11 is 0. The maximum atomic E-state index is 10.5. The van der Waals surface area contributed by atoms with Crippen molar-refractivity contribution in [3.05, 3.63) is 10.1 Å². The number of carboxylic acid groups (broad SMARTS) is 1. The number of nitrogens with two attached hydrogens (primary N) is 1. The second-order valence-electron chi connectivity index (χ2n) is 3.08. The van der Waals surface area contributed by atoms with Crippen LogP contribution in [0.2, 0.25) is 0 Å². The van der Waals surface area contributed by atoms with Crippen molar-refractivity contribution < 1.29 is 20.0 Å². The van der Waals surface area contributed by atoms with Crippen LogP contribution in [0.25, 0.3) is 0 Å². The molecule has 0 saturated carbocycles. The number of carbonyl (C=O) groups is 1. The Morgan fingerprint density at radius 1 is 1.61 bits per heavy atom. The highest BCUT2D eigenvalue weighted by Crippen LogP contribution is 1.96.